The van der Waals surface area contributed by atoms with Gasteiger partial charge in [0.25, 0.3) is 0 Å². The number of hydrogen-bond acceptors (Lipinski definition) is 4. The lowest BCUT2D eigenvalue weighted by Crippen LogP contribution is -2.44. The van der Waals surface area contributed by atoms with Gasteiger partial charge < -0.3 is 14.6 Å². The van der Waals surface area contributed by atoms with E-state index in [4.69, 9.17) is 4.42 Å². The molecule has 6 nitrogen and oxygen atoms in total. The highest BCUT2D eigenvalue weighted by Crippen LogP contribution is 2.31. The fraction of sp³-hybridized carbons (Fsp3) is 0.250. The van der Waals surface area contributed by atoms with E-state index in [0.29, 0.717) is 18.8 Å². The number of benzene rings is 2. The summed E-state index contributed by atoms with van der Waals surface area (Å²) in [6.07, 6.45) is 1.90. The third-order valence-corrected chi connectivity index (χ3v) is 5.20. The summed E-state index contributed by atoms with van der Waals surface area (Å²) in [5.74, 6) is 0.677. The van der Waals surface area contributed by atoms with Crippen molar-refractivity contribution in [2.45, 2.75) is 32.5 Å². The molecule has 0 aliphatic carbocycles. The minimum atomic E-state index is -0.233. The van der Waals surface area contributed by atoms with Gasteiger partial charge in [0.15, 0.2) is 0 Å². The number of hydrogen-bond donors (Lipinski definition) is 1. The van der Waals surface area contributed by atoms with E-state index < -0.39 is 0 Å². The van der Waals surface area contributed by atoms with Crippen molar-refractivity contribution in [3.63, 3.8) is 0 Å². The lowest BCUT2D eigenvalue weighted by molar-refractivity contribution is -0.120. The quantitative estimate of drug-likeness (QED) is 0.674. The van der Waals surface area contributed by atoms with Gasteiger partial charge in [0.2, 0.25) is 11.8 Å². The SMILES string of the molecule is CC1CC(=O)Nc2ccccc2N1C(=O)CN(Cc1ccccc1)Cc1ccco1. The van der Waals surface area contributed by atoms with Crippen LogP contribution in [0.5, 0.6) is 0 Å². The van der Waals surface area contributed by atoms with E-state index in [-0.39, 0.29) is 30.8 Å². The minimum absolute atomic E-state index is 0.0473. The average Bonchev–Trinajstić information content (AvgIpc) is 3.18. The van der Waals surface area contributed by atoms with Gasteiger partial charge >= 0.3 is 0 Å². The first kappa shape index (κ1) is 19.9. The molecule has 0 radical (unpaired) electrons. The van der Waals surface area contributed by atoms with Gasteiger partial charge in [-0.05, 0) is 36.8 Å². The molecule has 0 saturated heterocycles. The molecule has 1 N–H and O–H groups in total. The second-order valence-electron chi connectivity index (χ2n) is 7.59. The number of nitrogens with one attached hydrogen (secondary N) is 1. The summed E-state index contributed by atoms with van der Waals surface area (Å²) < 4.78 is 5.52. The number of nitrogens with zero attached hydrogens (tertiary/aromatic N) is 2. The summed E-state index contributed by atoms with van der Waals surface area (Å²) in [5.41, 5.74) is 2.53. The van der Waals surface area contributed by atoms with Crippen LogP contribution in [0, 0.1) is 0 Å². The molecule has 1 aromatic heterocycles. The molecule has 1 atom stereocenters. The standard InChI is InChI=1S/C24H25N3O3/c1-18-14-23(28)25-21-11-5-6-12-22(21)27(18)24(29)17-26(16-20-10-7-13-30-20)15-19-8-3-2-4-9-19/h2-13,18H,14-17H2,1H3,(H,25,28). The van der Waals surface area contributed by atoms with Crippen molar-refractivity contribution in [2.24, 2.45) is 0 Å². The van der Waals surface area contributed by atoms with E-state index in [0.717, 1.165) is 17.0 Å². The molecule has 1 unspecified atom stereocenters. The van der Waals surface area contributed by atoms with Crippen molar-refractivity contribution in [2.75, 3.05) is 16.8 Å². The predicted octanol–water partition coefficient (Wildman–Crippen LogP) is 4.05. The first-order chi connectivity index (χ1) is 14.6. The maximum absolute atomic E-state index is 13.5. The molecular formula is C24H25N3O3. The van der Waals surface area contributed by atoms with Crippen molar-refractivity contribution in [1.82, 2.24) is 4.90 Å². The number of carbonyl (C=O) groups is 2. The van der Waals surface area contributed by atoms with Gasteiger partial charge in [-0.1, -0.05) is 42.5 Å². The molecule has 154 valence electrons. The van der Waals surface area contributed by atoms with E-state index in [1.54, 1.807) is 11.2 Å². The Morgan fingerprint density at radius 2 is 1.83 bits per heavy atom. The smallest absolute Gasteiger partial charge is 0.241 e. The van der Waals surface area contributed by atoms with Crippen LogP contribution >= 0.6 is 0 Å². The van der Waals surface area contributed by atoms with Gasteiger partial charge in [0.1, 0.15) is 5.76 Å². The maximum atomic E-state index is 13.5. The summed E-state index contributed by atoms with van der Waals surface area (Å²) >= 11 is 0. The third kappa shape index (κ3) is 4.60. The van der Waals surface area contributed by atoms with Crippen molar-refractivity contribution >= 4 is 23.2 Å². The Hall–Kier alpha value is -3.38. The molecule has 6 heteroatoms. The lowest BCUT2D eigenvalue weighted by atomic mass is 10.1. The van der Waals surface area contributed by atoms with Crippen LogP contribution in [0.1, 0.15) is 24.7 Å². The summed E-state index contributed by atoms with van der Waals surface area (Å²) in [7, 11) is 0. The molecule has 3 aromatic rings. The second kappa shape index (κ2) is 8.97. The van der Waals surface area contributed by atoms with Crippen molar-refractivity contribution < 1.29 is 14.0 Å². The molecule has 2 heterocycles. The van der Waals surface area contributed by atoms with Crippen LogP contribution in [0.15, 0.2) is 77.4 Å². The number of carbonyl (C=O) groups excluding carboxylic acids is 2. The van der Waals surface area contributed by atoms with Crippen LogP contribution in [0.3, 0.4) is 0 Å². The number of fused-ring (bicyclic) bond motifs is 1. The van der Waals surface area contributed by atoms with Gasteiger partial charge in [-0.2, -0.15) is 0 Å². The van der Waals surface area contributed by atoms with Crippen LogP contribution in [0.4, 0.5) is 11.4 Å². The first-order valence-corrected chi connectivity index (χ1v) is 10.1. The van der Waals surface area contributed by atoms with Gasteiger partial charge in [-0.25, -0.2) is 0 Å². The molecule has 1 aliphatic heterocycles. The van der Waals surface area contributed by atoms with E-state index >= 15 is 0 Å². The fourth-order valence-corrected chi connectivity index (χ4v) is 3.87. The highest BCUT2D eigenvalue weighted by Gasteiger charge is 2.30. The minimum Gasteiger partial charge on any atom is -0.468 e. The first-order valence-electron chi connectivity index (χ1n) is 10.1. The van der Waals surface area contributed by atoms with Crippen LogP contribution in [-0.2, 0) is 22.7 Å². The molecule has 2 amide bonds. The van der Waals surface area contributed by atoms with Crippen LogP contribution in [-0.4, -0.2) is 29.3 Å². The highest BCUT2D eigenvalue weighted by molar-refractivity contribution is 6.04. The number of rotatable bonds is 6. The lowest BCUT2D eigenvalue weighted by Gasteiger charge is -2.30. The van der Waals surface area contributed by atoms with Crippen molar-refractivity contribution in [3.05, 3.63) is 84.3 Å². The Bertz CT molecular complexity index is 1000. The summed E-state index contributed by atoms with van der Waals surface area (Å²) in [4.78, 5) is 29.5. The van der Waals surface area contributed by atoms with Gasteiger partial charge in [-0.15, -0.1) is 0 Å². The average molecular weight is 403 g/mol. The summed E-state index contributed by atoms with van der Waals surface area (Å²) in [5, 5.41) is 2.91. The summed E-state index contributed by atoms with van der Waals surface area (Å²) in [6, 6.07) is 21.0. The van der Waals surface area contributed by atoms with Crippen LogP contribution < -0.4 is 10.2 Å². The zero-order chi connectivity index (χ0) is 20.9. The maximum Gasteiger partial charge on any atom is 0.241 e. The Balaban J connectivity index is 1.58. The number of anilines is 2. The van der Waals surface area contributed by atoms with E-state index in [2.05, 4.69) is 10.2 Å². The van der Waals surface area contributed by atoms with Crippen molar-refractivity contribution in [3.8, 4) is 0 Å². The van der Waals surface area contributed by atoms with E-state index in [9.17, 15) is 9.59 Å². The zero-order valence-electron chi connectivity index (χ0n) is 17.0. The molecule has 2 aromatic carbocycles. The Labute approximate surface area is 176 Å². The monoisotopic (exact) mass is 403 g/mol. The highest BCUT2D eigenvalue weighted by atomic mass is 16.3. The Kier molecular flexibility index (Phi) is 5.95. The third-order valence-electron chi connectivity index (χ3n) is 5.20. The van der Waals surface area contributed by atoms with E-state index in [1.165, 1.54) is 0 Å². The molecule has 4 rings (SSSR count). The molecule has 0 spiro atoms. The van der Waals surface area contributed by atoms with Crippen LogP contribution in [0.25, 0.3) is 0 Å². The molecule has 1 aliphatic rings. The fourth-order valence-electron chi connectivity index (χ4n) is 3.87. The zero-order valence-corrected chi connectivity index (χ0v) is 17.0. The van der Waals surface area contributed by atoms with Crippen molar-refractivity contribution in [1.29, 1.82) is 0 Å². The Morgan fingerprint density at radius 1 is 1.07 bits per heavy atom. The van der Waals surface area contributed by atoms with Gasteiger partial charge in [0, 0.05) is 19.0 Å². The molecule has 0 bridgehead atoms. The topological polar surface area (TPSA) is 65.8 Å². The van der Waals surface area contributed by atoms with Gasteiger partial charge in [-0.3, -0.25) is 14.5 Å². The van der Waals surface area contributed by atoms with Gasteiger partial charge in [0.05, 0.1) is 30.7 Å². The Morgan fingerprint density at radius 3 is 2.60 bits per heavy atom. The number of para-hydroxylation sites is 2. The molecule has 30 heavy (non-hydrogen) atoms. The number of furan rings is 1. The normalized spacial score (nSPS) is 16.1. The molecular weight excluding hydrogens is 378 g/mol. The second-order valence-corrected chi connectivity index (χ2v) is 7.59. The van der Waals surface area contributed by atoms with E-state index in [1.807, 2.05) is 73.7 Å². The molecule has 0 saturated carbocycles. The number of amides is 2. The predicted molar refractivity (Wildman–Crippen MR) is 116 cm³/mol. The van der Waals surface area contributed by atoms with Crippen LogP contribution in [0.2, 0.25) is 0 Å². The molecule has 0 fully saturated rings. The summed E-state index contributed by atoms with van der Waals surface area (Å²) in [6.45, 7) is 3.26. The largest absolute Gasteiger partial charge is 0.468 e.